The number of ether oxygens (including phenoxy) is 2. The highest BCUT2D eigenvalue weighted by molar-refractivity contribution is 5.42. The van der Waals surface area contributed by atoms with Crippen LogP contribution < -0.4 is 15.2 Å². The fourth-order valence-electron chi connectivity index (χ4n) is 2.66. The minimum Gasteiger partial charge on any atom is -0.497 e. The van der Waals surface area contributed by atoms with Gasteiger partial charge in [-0.2, -0.15) is 0 Å². The Morgan fingerprint density at radius 1 is 1.16 bits per heavy atom. The maximum absolute atomic E-state index is 6.21. The first-order chi connectivity index (χ1) is 9.20. The molecular weight excluding hydrogens is 238 g/mol. The Morgan fingerprint density at radius 3 is 2.42 bits per heavy atom. The summed E-state index contributed by atoms with van der Waals surface area (Å²) in [7, 11) is 1.68. The molecule has 1 aromatic carbocycles. The smallest absolute Gasteiger partial charge is 0.128 e. The molecule has 0 saturated heterocycles. The minimum atomic E-state index is -0.0216. The molecule has 19 heavy (non-hydrogen) atoms. The first-order valence-electron chi connectivity index (χ1n) is 7.31. The molecule has 0 radical (unpaired) electrons. The van der Waals surface area contributed by atoms with Gasteiger partial charge in [0.15, 0.2) is 0 Å². The quantitative estimate of drug-likeness (QED) is 0.840. The van der Waals surface area contributed by atoms with Gasteiger partial charge in [-0.15, -0.1) is 0 Å². The highest BCUT2D eigenvalue weighted by Crippen LogP contribution is 2.31. The lowest BCUT2D eigenvalue weighted by Crippen LogP contribution is -2.17. The average Bonchev–Trinajstić information content (AvgIpc) is 2.67. The number of methoxy groups -OCH3 is 1. The van der Waals surface area contributed by atoms with Crippen LogP contribution in [0.5, 0.6) is 11.5 Å². The van der Waals surface area contributed by atoms with Gasteiger partial charge < -0.3 is 15.2 Å². The van der Waals surface area contributed by atoms with Gasteiger partial charge in [0.05, 0.1) is 13.2 Å². The Morgan fingerprint density at radius 2 is 1.84 bits per heavy atom. The van der Waals surface area contributed by atoms with Crippen LogP contribution in [-0.2, 0) is 0 Å². The molecule has 0 aliphatic heterocycles. The van der Waals surface area contributed by atoms with E-state index >= 15 is 0 Å². The van der Waals surface area contributed by atoms with Crippen molar-refractivity contribution in [1.82, 2.24) is 0 Å². The molecule has 0 aromatic heterocycles. The Labute approximate surface area is 116 Å². The molecular formula is C16H25NO2. The molecule has 3 heteroatoms. The van der Waals surface area contributed by atoms with E-state index < -0.39 is 0 Å². The van der Waals surface area contributed by atoms with Crippen molar-refractivity contribution in [3.05, 3.63) is 23.8 Å². The summed E-state index contributed by atoms with van der Waals surface area (Å²) in [5.41, 5.74) is 7.08. The fourth-order valence-corrected chi connectivity index (χ4v) is 2.66. The SMILES string of the molecule is COc1ccc([C@H](C)N)c(OC2CCCCCC2)c1. The minimum absolute atomic E-state index is 0.0216. The van der Waals surface area contributed by atoms with Crippen LogP contribution >= 0.6 is 0 Å². The molecule has 1 aliphatic carbocycles. The molecule has 1 fully saturated rings. The largest absolute Gasteiger partial charge is 0.497 e. The summed E-state index contributed by atoms with van der Waals surface area (Å²) >= 11 is 0. The lowest BCUT2D eigenvalue weighted by Gasteiger charge is -2.21. The highest BCUT2D eigenvalue weighted by atomic mass is 16.5. The van der Waals surface area contributed by atoms with E-state index in [0.29, 0.717) is 6.10 Å². The predicted octanol–water partition coefficient (Wildman–Crippen LogP) is 3.82. The number of hydrogen-bond acceptors (Lipinski definition) is 3. The van der Waals surface area contributed by atoms with E-state index in [1.807, 2.05) is 25.1 Å². The second-order valence-electron chi connectivity index (χ2n) is 5.42. The Hall–Kier alpha value is -1.22. The van der Waals surface area contributed by atoms with Crippen LogP contribution in [0, 0.1) is 0 Å². The van der Waals surface area contributed by atoms with E-state index in [2.05, 4.69) is 0 Å². The van der Waals surface area contributed by atoms with Gasteiger partial charge in [-0.25, -0.2) is 0 Å². The van der Waals surface area contributed by atoms with Crippen LogP contribution in [0.2, 0.25) is 0 Å². The van der Waals surface area contributed by atoms with Gasteiger partial charge in [0.2, 0.25) is 0 Å². The zero-order valence-electron chi connectivity index (χ0n) is 12.0. The third kappa shape index (κ3) is 3.87. The van der Waals surface area contributed by atoms with Crippen molar-refractivity contribution < 1.29 is 9.47 Å². The first kappa shape index (κ1) is 14.2. The van der Waals surface area contributed by atoms with Crippen molar-refractivity contribution in [3.8, 4) is 11.5 Å². The van der Waals surface area contributed by atoms with Crippen molar-refractivity contribution in [3.63, 3.8) is 0 Å². The molecule has 0 bridgehead atoms. The molecule has 2 N–H and O–H groups in total. The fraction of sp³-hybridized carbons (Fsp3) is 0.625. The van der Waals surface area contributed by atoms with Crippen molar-refractivity contribution in [2.24, 2.45) is 5.73 Å². The van der Waals surface area contributed by atoms with E-state index in [9.17, 15) is 0 Å². The molecule has 1 aliphatic rings. The zero-order chi connectivity index (χ0) is 13.7. The van der Waals surface area contributed by atoms with Gasteiger partial charge >= 0.3 is 0 Å². The molecule has 0 unspecified atom stereocenters. The summed E-state index contributed by atoms with van der Waals surface area (Å²) in [6, 6.07) is 5.89. The summed E-state index contributed by atoms with van der Waals surface area (Å²) < 4.78 is 11.5. The number of benzene rings is 1. The number of nitrogens with two attached hydrogens (primary N) is 1. The molecule has 1 aromatic rings. The van der Waals surface area contributed by atoms with E-state index in [1.165, 1.54) is 25.7 Å². The van der Waals surface area contributed by atoms with Gasteiger partial charge in [0.1, 0.15) is 11.5 Å². The molecule has 0 spiro atoms. The van der Waals surface area contributed by atoms with Crippen LogP contribution in [0.1, 0.15) is 57.1 Å². The number of rotatable bonds is 4. The normalized spacial score (nSPS) is 18.7. The van der Waals surface area contributed by atoms with E-state index in [1.54, 1.807) is 7.11 Å². The monoisotopic (exact) mass is 263 g/mol. The summed E-state index contributed by atoms with van der Waals surface area (Å²) in [5, 5.41) is 0. The molecule has 0 heterocycles. The number of hydrogen-bond donors (Lipinski definition) is 1. The summed E-state index contributed by atoms with van der Waals surface area (Å²) in [4.78, 5) is 0. The van der Waals surface area contributed by atoms with E-state index in [4.69, 9.17) is 15.2 Å². The maximum Gasteiger partial charge on any atom is 0.128 e. The van der Waals surface area contributed by atoms with Gasteiger partial charge in [0, 0.05) is 17.7 Å². The highest BCUT2D eigenvalue weighted by Gasteiger charge is 2.17. The first-order valence-corrected chi connectivity index (χ1v) is 7.31. The van der Waals surface area contributed by atoms with Crippen molar-refractivity contribution in [2.75, 3.05) is 7.11 Å². The van der Waals surface area contributed by atoms with Gasteiger partial charge in [-0.1, -0.05) is 18.9 Å². The van der Waals surface area contributed by atoms with Crippen LogP contribution in [0.4, 0.5) is 0 Å². The van der Waals surface area contributed by atoms with Crippen molar-refractivity contribution in [1.29, 1.82) is 0 Å². The van der Waals surface area contributed by atoms with E-state index in [-0.39, 0.29) is 6.04 Å². The summed E-state index contributed by atoms with van der Waals surface area (Å²) in [6.45, 7) is 1.99. The van der Waals surface area contributed by atoms with Crippen LogP contribution in [0.25, 0.3) is 0 Å². The summed E-state index contributed by atoms with van der Waals surface area (Å²) in [6.07, 6.45) is 7.82. The molecule has 2 rings (SSSR count). The van der Waals surface area contributed by atoms with Crippen LogP contribution in [0.3, 0.4) is 0 Å². The molecule has 1 saturated carbocycles. The van der Waals surface area contributed by atoms with Gasteiger partial charge in [0.25, 0.3) is 0 Å². The molecule has 3 nitrogen and oxygen atoms in total. The molecule has 1 atom stereocenters. The zero-order valence-corrected chi connectivity index (χ0v) is 12.0. The van der Waals surface area contributed by atoms with E-state index in [0.717, 1.165) is 29.9 Å². The summed E-state index contributed by atoms with van der Waals surface area (Å²) in [5.74, 6) is 1.72. The topological polar surface area (TPSA) is 44.5 Å². The van der Waals surface area contributed by atoms with Crippen LogP contribution in [-0.4, -0.2) is 13.2 Å². The molecule has 0 amide bonds. The Balaban J connectivity index is 2.16. The lowest BCUT2D eigenvalue weighted by molar-refractivity contribution is 0.180. The Kier molecular flexibility index (Phi) is 5.08. The van der Waals surface area contributed by atoms with Gasteiger partial charge in [-0.3, -0.25) is 0 Å². The van der Waals surface area contributed by atoms with Crippen molar-refractivity contribution in [2.45, 2.75) is 57.6 Å². The average molecular weight is 263 g/mol. The lowest BCUT2D eigenvalue weighted by atomic mass is 10.1. The Bertz CT molecular complexity index is 396. The molecule has 106 valence electrons. The van der Waals surface area contributed by atoms with Crippen LogP contribution in [0.15, 0.2) is 18.2 Å². The van der Waals surface area contributed by atoms with Gasteiger partial charge in [-0.05, 0) is 38.7 Å². The third-order valence-electron chi connectivity index (χ3n) is 3.81. The second-order valence-corrected chi connectivity index (χ2v) is 5.42. The third-order valence-corrected chi connectivity index (χ3v) is 3.81. The second kappa shape index (κ2) is 6.80. The standard InChI is InChI=1S/C16H25NO2/c1-12(17)15-10-9-14(18-2)11-16(15)19-13-7-5-3-4-6-8-13/h9-13H,3-8,17H2,1-2H3/t12-/m0/s1. The predicted molar refractivity (Wildman–Crippen MR) is 77.7 cm³/mol. The maximum atomic E-state index is 6.21. The van der Waals surface area contributed by atoms with Crippen molar-refractivity contribution >= 4 is 0 Å².